The number of nitrogens with zero attached hydrogens (tertiary/aromatic N) is 2. The summed E-state index contributed by atoms with van der Waals surface area (Å²) < 4.78 is 0. The third-order valence-electron chi connectivity index (χ3n) is 3.43. The van der Waals surface area contributed by atoms with Crippen LogP contribution in [0.3, 0.4) is 0 Å². The standard InChI is InChI=1S/C18H17N3OS/c1-12-6-7-15(13(2)9-12)21-17(22)10-14-11-23-18(20-14)16-5-3-4-8-19-16/h3-9,11H,10H2,1-2H3,(H,21,22). The molecule has 0 aliphatic rings. The molecular weight excluding hydrogens is 306 g/mol. The molecule has 0 spiro atoms. The van der Waals surface area contributed by atoms with E-state index in [0.29, 0.717) is 0 Å². The summed E-state index contributed by atoms with van der Waals surface area (Å²) in [5, 5.41) is 5.69. The third kappa shape index (κ3) is 3.81. The number of aryl methyl sites for hydroxylation is 2. The number of anilines is 1. The maximum atomic E-state index is 12.2. The summed E-state index contributed by atoms with van der Waals surface area (Å²) in [6, 6.07) is 11.7. The lowest BCUT2D eigenvalue weighted by Crippen LogP contribution is -2.15. The molecule has 0 unspecified atom stereocenters. The fraction of sp³-hybridized carbons (Fsp3) is 0.167. The Labute approximate surface area is 139 Å². The van der Waals surface area contributed by atoms with Crippen molar-refractivity contribution in [3.8, 4) is 10.7 Å². The fourth-order valence-electron chi connectivity index (χ4n) is 2.31. The van der Waals surface area contributed by atoms with Crippen molar-refractivity contribution in [2.24, 2.45) is 0 Å². The molecule has 0 radical (unpaired) electrons. The van der Waals surface area contributed by atoms with Crippen LogP contribution in [0.4, 0.5) is 5.69 Å². The molecule has 5 heteroatoms. The minimum absolute atomic E-state index is 0.0603. The van der Waals surface area contributed by atoms with Gasteiger partial charge in [0.15, 0.2) is 0 Å². The average Bonchev–Trinajstić information content (AvgIpc) is 2.99. The molecule has 2 aromatic heterocycles. The summed E-state index contributed by atoms with van der Waals surface area (Å²) >= 11 is 1.50. The van der Waals surface area contributed by atoms with Crippen molar-refractivity contribution in [3.63, 3.8) is 0 Å². The summed E-state index contributed by atoms with van der Waals surface area (Å²) in [4.78, 5) is 21.0. The molecule has 0 saturated heterocycles. The van der Waals surface area contributed by atoms with Crippen molar-refractivity contribution in [3.05, 3.63) is 64.8 Å². The maximum Gasteiger partial charge on any atom is 0.230 e. The lowest BCUT2D eigenvalue weighted by molar-refractivity contribution is -0.115. The number of rotatable bonds is 4. The molecule has 2 heterocycles. The number of carbonyl (C=O) groups is 1. The number of benzene rings is 1. The van der Waals surface area contributed by atoms with Gasteiger partial charge in [-0.15, -0.1) is 11.3 Å². The first-order valence-corrected chi connectivity index (χ1v) is 8.23. The lowest BCUT2D eigenvalue weighted by atomic mass is 10.1. The third-order valence-corrected chi connectivity index (χ3v) is 4.35. The second-order valence-corrected chi connectivity index (χ2v) is 6.26. The predicted octanol–water partition coefficient (Wildman–Crippen LogP) is 4.00. The van der Waals surface area contributed by atoms with Gasteiger partial charge in [-0.1, -0.05) is 23.8 Å². The molecule has 1 aromatic carbocycles. The van der Waals surface area contributed by atoms with Crippen molar-refractivity contribution in [2.45, 2.75) is 20.3 Å². The van der Waals surface area contributed by atoms with E-state index in [9.17, 15) is 4.79 Å². The van der Waals surface area contributed by atoms with E-state index in [0.717, 1.165) is 27.6 Å². The number of hydrogen-bond donors (Lipinski definition) is 1. The van der Waals surface area contributed by atoms with E-state index >= 15 is 0 Å². The van der Waals surface area contributed by atoms with E-state index in [1.165, 1.54) is 16.9 Å². The summed E-state index contributed by atoms with van der Waals surface area (Å²) in [5.41, 5.74) is 4.68. The number of thiazole rings is 1. The van der Waals surface area contributed by atoms with Gasteiger partial charge >= 0.3 is 0 Å². The zero-order valence-electron chi connectivity index (χ0n) is 13.0. The SMILES string of the molecule is Cc1ccc(NC(=O)Cc2csc(-c3ccccn3)n2)c(C)c1. The highest BCUT2D eigenvalue weighted by atomic mass is 32.1. The number of amides is 1. The van der Waals surface area contributed by atoms with Gasteiger partial charge in [0.25, 0.3) is 0 Å². The maximum absolute atomic E-state index is 12.2. The summed E-state index contributed by atoms with van der Waals surface area (Å²) in [6.45, 7) is 4.03. The first-order valence-electron chi connectivity index (χ1n) is 7.35. The number of nitrogens with one attached hydrogen (secondary N) is 1. The minimum atomic E-state index is -0.0603. The smallest absolute Gasteiger partial charge is 0.230 e. The van der Waals surface area contributed by atoms with Gasteiger partial charge in [-0.05, 0) is 37.6 Å². The number of aromatic nitrogens is 2. The Morgan fingerprint density at radius 2 is 2.09 bits per heavy atom. The van der Waals surface area contributed by atoms with Gasteiger partial charge in [0.05, 0.1) is 17.8 Å². The first-order chi connectivity index (χ1) is 11.1. The molecule has 1 amide bonds. The van der Waals surface area contributed by atoms with E-state index < -0.39 is 0 Å². The molecule has 0 atom stereocenters. The second kappa shape index (κ2) is 6.71. The van der Waals surface area contributed by atoms with Crippen LogP contribution in [0.15, 0.2) is 48.0 Å². The van der Waals surface area contributed by atoms with Crippen LogP contribution in [0.25, 0.3) is 10.7 Å². The van der Waals surface area contributed by atoms with Gasteiger partial charge in [0.2, 0.25) is 5.91 Å². The molecule has 1 N–H and O–H groups in total. The topological polar surface area (TPSA) is 54.9 Å². The molecule has 116 valence electrons. The number of pyridine rings is 1. The van der Waals surface area contributed by atoms with Crippen molar-refractivity contribution < 1.29 is 4.79 Å². The Bertz CT molecular complexity index is 827. The predicted molar refractivity (Wildman–Crippen MR) is 93.6 cm³/mol. The van der Waals surface area contributed by atoms with E-state index in [4.69, 9.17) is 0 Å². The van der Waals surface area contributed by atoms with Crippen LogP contribution in [0.5, 0.6) is 0 Å². The van der Waals surface area contributed by atoms with Crippen molar-refractivity contribution in [1.29, 1.82) is 0 Å². The van der Waals surface area contributed by atoms with Crippen molar-refractivity contribution in [1.82, 2.24) is 9.97 Å². The van der Waals surface area contributed by atoms with Crippen LogP contribution < -0.4 is 5.32 Å². The second-order valence-electron chi connectivity index (χ2n) is 5.40. The Morgan fingerprint density at radius 1 is 1.22 bits per heavy atom. The van der Waals surface area contributed by atoms with Gasteiger partial charge in [0, 0.05) is 17.3 Å². The fourth-order valence-corrected chi connectivity index (χ4v) is 3.10. The molecule has 3 rings (SSSR count). The normalized spacial score (nSPS) is 10.5. The first kappa shape index (κ1) is 15.4. The van der Waals surface area contributed by atoms with E-state index in [2.05, 4.69) is 21.4 Å². The Hall–Kier alpha value is -2.53. The van der Waals surface area contributed by atoms with Crippen LogP contribution in [-0.4, -0.2) is 15.9 Å². The lowest BCUT2D eigenvalue weighted by Gasteiger charge is -2.08. The van der Waals surface area contributed by atoms with Gasteiger partial charge < -0.3 is 5.32 Å². The monoisotopic (exact) mass is 323 g/mol. The Balaban J connectivity index is 1.68. The highest BCUT2D eigenvalue weighted by molar-refractivity contribution is 7.13. The molecule has 0 saturated carbocycles. The van der Waals surface area contributed by atoms with Crippen LogP contribution in [-0.2, 0) is 11.2 Å². The van der Waals surface area contributed by atoms with E-state index in [1.807, 2.05) is 49.6 Å². The summed E-state index contributed by atoms with van der Waals surface area (Å²) in [7, 11) is 0. The number of hydrogen-bond acceptors (Lipinski definition) is 4. The van der Waals surface area contributed by atoms with Gasteiger partial charge in [-0.3, -0.25) is 9.78 Å². The van der Waals surface area contributed by atoms with Crippen LogP contribution >= 0.6 is 11.3 Å². The van der Waals surface area contributed by atoms with Crippen LogP contribution in [0, 0.1) is 13.8 Å². The minimum Gasteiger partial charge on any atom is -0.326 e. The Kier molecular flexibility index (Phi) is 4.48. The van der Waals surface area contributed by atoms with Crippen molar-refractivity contribution in [2.75, 3.05) is 5.32 Å². The average molecular weight is 323 g/mol. The largest absolute Gasteiger partial charge is 0.326 e. The Morgan fingerprint density at radius 3 is 2.83 bits per heavy atom. The quantitative estimate of drug-likeness (QED) is 0.789. The number of carbonyl (C=O) groups excluding carboxylic acids is 1. The molecule has 23 heavy (non-hydrogen) atoms. The molecule has 0 aliphatic carbocycles. The summed E-state index contributed by atoms with van der Waals surface area (Å²) in [6.07, 6.45) is 2.00. The van der Waals surface area contributed by atoms with E-state index in [-0.39, 0.29) is 12.3 Å². The zero-order chi connectivity index (χ0) is 16.2. The molecular formula is C18H17N3OS. The van der Waals surface area contributed by atoms with Crippen LogP contribution in [0.1, 0.15) is 16.8 Å². The molecule has 0 aliphatic heterocycles. The molecule has 0 fully saturated rings. The van der Waals surface area contributed by atoms with Crippen LogP contribution in [0.2, 0.25) is 0 Å². The van der Waals surface area contributed by atoms with E-state index in [1.54, 1.807) is 6.20 Å². The molecule has 3 aromatic rings. The molecule has 0 bridgehead atoms. The van der Waals surface area contributed by atoms with Crippen molar-refractivity contribution >= 4 is 22.9 Å². The van der Waals surface area contributed by atoms with Gasteiger partial charge in [-0.25, -0.2) is 4.98 Å². The highest BCUT2D eigenvalue weighted by Crippen LogP contribution is 2.22. The van der Waals surface area contributed by atoms with Gasteiger partial charge in [-0.2, -0.15) is 0 Å². The zero-order valence-corrected chi connectivity index (χ0v) is 13.9. The van der Waals surface area contributed by atoms with Gasteiger partial charge in [0.1, 0.15) is 5.01 Å². The molecule has 4 nitrogen and oxygen atoms in total. The highest BCUT2D eigenvalue weighted by Gasteiger charge is 2.10. The summed E-state index contributed by atoms with van der Waals surface area (Å²) in [5.74, 6) is -0.0603.